The molecule has 0 spiro atoms. The van der Waals surface area contributed by atoms with Crippen molar-refractivity contribution in [3.05, 3.63) is 0 Å². The first-order valence-electron chi connectivity index (χ1n) is 5.62. The van der Waals surface area contributed by atoms with Crippen LogP contribution in [-0.4, -0.2) is 30.7 Å². The monoisotopic (exact) mass is 216 g/mol. The van der Waals surface area contributed by atoms with E-state index in [-0.39, 0.29) is 24.1 Å². The lowest BCUT2D eigenvalue weighted by atomic mass is 9.93. The van der Waals surface area contributed by atoms with Crippen LogP contribution in [0.3, 0.4) is 0 Å². The fraction of sp³-hybridized carbons (Fsp3) is 0.909. The van der Waals surface area contributed by atoms with Crippen LogP contribution < -0.4 is 11.1 Å². The van der Waals surface area contributed by atoms with E-state index in [0.29, 0.717) is 6.61 Å². The highest BCUT2D eigenvalue weighted by Crippen LogP contribution is 2.16. The highest BCUT2D eigenvalue weighted by atomic mass is 16.5. The molecule has 0 atom stereocenters. The lowest BCUT2D eigenvalue weighted by Gasteiger charge is -2.33. The minimum absolute atomic E-state index is 0.0312. The highest BCUT2D eigenvalue weighted by Gasteiger charge is 2.28. The number of rotatable bonds is 7. The quantitative estimate of drug-likeness (QED) is 0.668. The molecule has 0 aromatic rings. The van der Waals surface area contributed by atoms with Crippen LogP contribution in [0.25, 0.3) is 0 Å². The molecule has 0 aliphatic rings. The van der Waals surface area contributed by atoms with Crippen molar-refractivity contribution in [2.45, 2.75) is 52.2 Å². The van der Waals surface area contributed by atoms with Gasteiger partial charge in [0.25, 0.3) is 0 Å². The number of hydrogen-bond acceptors (Lipinski definition) is 3. The molecule has 4 heteroatoms. The van der Waals surface area contributed by atoms with Gasteiger partial charge in [0.1, 0.15) is 0 Å². The van der Waals surface area contributed by atoms with Crippen LogP contribution in [0.5, 0.6) is 0 Å². The molecule has 0 saturated carbocycles. The Bertz CT molecular complexity index is 189. The summed E-state index contributed by atoms with van der Waals surface area (Å²) in [5.41, 5.74) is 5.03. The van der Waals surface area contributed by atoms with Gasteiger partial charge < -0.3 is 15.8 Å². The number of amides is 1. The van der Waals surface area contributed by atoms with Crippen LogP contribution in [-0.2, 0) is 9.53 Å². The fourth-order valence-corrected chi connectivity index (χ4v) is 1.34. The van der Waals surface area contributed by atoms with Gasteiger partial charge in [0, 0.05) is 0 Å². The molecular weight excluding hydrogens is 192 g/mol. The van der Waals surface area contributed by atoms with Crippen LogP contribution in [0.2, 0.25) is 0 Å². The van der Waals surface area contributed by atoms with Crippen LogP contribution in [0.15, 0.2) is 0 Å². The lowest BCUT2D eigenvalue weighted by molar-refractivity contribution is -0.123. The first-order valence-corrected chi connectivity index (χ1v) is 5.62. The summed E-state index contributed by atoms with van der Waals surface area (Å²) < 4.78 is 5.58. The zero-order valence-corrected chi connectivity index (χ0v) is 10.3. The molecule has 0 aliphatic carbocycles. The molecule has 0 fully saturated rings. The number of ether oxygens (including phenoxy) is 1. The summed E-state index contributed by atoms with van der Waals surface area (Å²) >= 11 is 0. The van der Waals surface area contributed by atoms with E-state index in [4.69, 9.17) is 10.5 Å². The van der Waals surface area contributed by atoms with Gasteiger partial charge in [0.15, 0.2) is 0 Å². The van der Waals surface area contributed by atoms with E-state index in [1.54, 1.807) is 0 Å². The van der Waals surface area contributed by atoms with Crippen LogP contribution in [0.1, 0.15) is 40.5 Å². The maximum Gasteiger partial charge on any atom is 0.234 e. The molecule has 0 aliphatic heterocycles. The molecule has 90 valence electrons. The fourth-order valence-electron chi connectivity index (χ4n) is 1.34. The van der Waals surface area contributed by atoms with Crippen molar-refractivity contribution in [2.75, 3.05) is 13.2 Å². The van der Waals surface area contributed by atoms with E-state index in [9.17, 15) is 4.79 Å². The third-order valence-electron chi connectivity index (χ3n) is 2.64. The lowest BCUT2D eigenvalue weighted by Crippen LogP contribution is -2.53. The second kappa shape index (κ2) is 6.80. The molecule has 0 rings (SSSR count). The maximum atomic E-state index is 11.3. The van der Waals surface area contributed by atoms with Gasteiger partial charge in [-0.1, -0.05) is 13.8 Å². The van der Waals surface area contributed by atoms with Crippen molar-refractivity contribution in [1.82, 2.24) is 5.32 Å². The van der Waals surface area contributed by atoms with Crippen LogP contribution in [0, 0.1) is 0 Å². The summed E-state index contributed by atoms with van der Waals surface area (Å²) in [4.78, 5) is 11.3. The van der Waals surface area contributed by atoms with Gasteiger partial charge in [0.05, 0.1) is 24.8 Å². The average molecular weight is 216 g/mol. The molecule has 0 saturated heterocycles. The van der Waals surface area contributed by atoms with E-state index in [1.165, 1.54) is 0 Å². The molecule has 3 N–H and O–H groups in total. The normalized spacial score (nSPS) is 11.9. The predicted octanol–water partition coefficient (Wildman–Crippen LogP) is 1.05. The second-order valence-corrected chi connectivity index (χ2v) is 4.10. The first kappa shape index (κ1) is 14.4. The Labute approximate surface area is 92.6 Å². The highest BCUT2D eigenvalue weighted by molar-refractivity contribution is 5.78. The molecule has 0 radical (unpaired) electrons. The minimum Gasteiger partial charge on any atom is -0.376 e. The SMILES string of the molecule is CCC(CC)(COC(C)C)NC(=O)CN. The number of carbonyl (C=O) groups excluding carboxylic acids is 1. The molecule has 0 unspecified atom stereocenters. The number of nitrogens with two attached hydrogens (primary N) is 1. The number of carbonyl (C=O) groups is 1. The van der Waals surface area contributed by atoms with Crippen molar-refractivity contribution in [2.24, 2.45) is 5.73 Å². The summed E-state index contributed by atoms with van der Waals surface area (Å²) in [5, 5.41) is 2.95. The van der Waals surface area contributed by atoms with Crippen molar-refractivity contribution < 1.29 is 9.53 Å². The Morgan fingerprint density at radius 2 is 1.93 bits per heavy atom. The Balaban J connectivity index is 4.36. The third kappa shape index (κ3) is 5.14. The molecule has 0 bridgehead atoms. The number of hydrogen-bond donors (Lipinski definition) is 2. The minimum atomic E-state index is -0.263. The molecular formula is C11H24N2O2. The van der Waals surface area contributed by atoms with Crippen molar-refractivity contribution in [3.8, 4) is 0 Å². The van der Waals surface area contributed by atoms with Crippen LogP contribution in [0.4, 0.5) is 0 Å². The first-order chi connectivity index (χ1) is 6.99. The molecule has 0 aromatic carbocycles. The molecule has 0 aromatic heterocycles. The van der Waals surface area contributed by atoms with E-state index >= 15 is 0 Å². The molecule has 0 heterocycles. The maximum absolute atomic E-state index is 11.3. The standard InChI is InChI=1S/C11H24N2O2/c1-5-11(6-2,8-15-9(3)4)13-10(14)7-12/h9H,5-8,12H2,1-4H3,(H,13,14). The van der Waals surface area contributed by atoms with Crippen molar-refractivity contribution in [1.29, 1.82) is 0 Å². The zero-order valence-electron chi connectivity index (χ0n) is 10.3. The largest absolute Gasteiger partial charge is 0.376 e. The summed E-state index contributed by atoms with van der Waals surface area (Å²) in [5.74, 6) is -0.119. The summed E-state index contributed by atoms with van der Waals surface area (Å²) in [6.45, 7) is 8.64. The van der Waals surface area contributed by atoms with Crippen molar-refractivity contribution >= 4 is 5.91 Å². The van der Waals surface area contributed by atoms with Gasteiger partial charge in [-0.05, 0) is 26.7 Å². The van der Waals surface area contributed by atoms with Gasteiger partial charge in [-0.25, -0.2) is 0 Å². The van der Waals surface area contributed by atoms with Crippen LogP contribution >= 0.6 is 0 Å². The predicted molar refractivity (Wildman–Crippen MR) is 61.6 cm³/mol. The Kier molecular flexibility index (Phi) is 6.52. The summed E-state index contributed by atoms with van der Waals surface area (Å²) in [6.07, 6.45) is 1.88. The van der Waals surface area contributed by atoms with Gasteiger partial charge >= 0.3 is 0 Å². The Hall–Kier alpha value is -0.610. The van der Waals surface area contributed by atoms with Gasteiger partial charge in [-0.2, -0.15) is 0 Å². The Morgan fingerprint density at radius 3 is 2.27 bits per heavy atom. The third-order valence-corrected chi connectivity index (χ3v) is 2.64. The zero-order chi connectivity index (χ0) is 11.9. The second-order valence-electron chi connectivity index (χ2n) is 4.10. The summed E-state index contributed by atoms with van der Waals surface area (Å²) in [6, 6.07) is 0. The van der Waals surface area contributed by atoms with E-state index in [2.05, 4.69) is 5.32 Å². The smallest absolute Gasteiger partial charge is 0.234 e. The van der Waals surface area contributed by atoms with E-state index in [0.717, 1.165) is 12.8 Å². The molecule has 1 amide bonds. The Morgan fingerprint density at radius 1 is 1.40 bits per heavy atom. The van der Waals surface area contributed by atoms with Crippen molar-refractivity contribution in [3.63, 3.8) is 0 Å². The van der Waals surface area contributed by atoms with Gasteiger partial charge in [-0.15, -0.1) is 0 Å². The van der Waals surface area contributed by atoms with E-state index in [1.807, 2.05) is 27.7 Å². The van der Waals surface area contributed by atoms with E-state index < -0.39 is 0 Å². The molecule has 4 nitrogen and oxygen atoms in total. The topological polar surface area (TPSA) is 64.3 Å². The molecule has 15 heavy (non-hydrogen) atoms. The van der Waals surface area contributed by atoms with Gasteiger partial charge in [0.2, 0.25) is 5.91 Å². The average Bonchev–Trinajstić information content (AvgIpc) is 2.24. The van der Waals surface area contributed by atoms with Gasteiger partial charge in [-0.3, -0.25) is 4.79 Å². The number of nitrogens with one attached hydrogen (secondary N) is 1. The summed E-state index contributed by atoms with van der Waals surface area (Å²) in [7, 11) is 0.